The van der Waals surface area contributed by atoms with Crippen molar-refractivity contribution in [2.45, 2.75) is 45.3 Å². The van der Waals surface area contributed by atoms with Gasteiger partial charge in [0.25, 0.3) is 0 Å². The predicted molar refractivity (Wildman–Crippen MR) is 106 cm³/mol. The summed E-state index contributed by atoms with van der Waals surface area (Å²) in [6.07, 6.45) is 2.97. The molecule has 0 fully saturated rings. The van der Waals surface area contributed by atoms with Crippen LogP contribution in [0.2, 0.25) is 0 Å². The summed E-state index contributed by atoms with van der Waals surface area (Å²) in [7, 11) is 0. The minimum Gasteiger partial charge on any atom is -0.459 e. The fraction of sp³-hybridized carbons (Fsp3) is 0.348. The Morgan fingerprint density at radius 1 is 1.23 bits per heavy atom. The number of aromatic nitrogens is 1. The fourth-order valence-electron chi connectivity index (χ4n) is 5.25. The topological polar surface area (TPSA) is 79.7 Å². The monoisotopic (exact) mass is 406 g/mol. The summed E-state index contributed by atoms with van der Waals surface area (Å²) >= 11 is 0. The van der Waals surface area contributed by atoms with Crippen LogP contribution in [-0.4, -0.2) is 39.6 Å². The van der Waals surface area contributed by atoms with Gasteiger partial charge in [0, 0.05) is 17.0 Å². The number of aliphatic hydroxyl groups excluding tert-OH is 1. The summed E-state index contributed by atoms with van der Waals surface area (Å²) in [6, 6.07) is 1.47. The summed E-state index contributed by atoms with van der Waals surface area (Å²) in [6.45, 7) is 2.22. The zero-order valence-corrected chi connectivity index (χ0v) is 16.4. The number of aryl methyl sites for hydroxylation is 2. The Labute approximate surface area is 171 Å². The number of hydrogen-bond acceptors (Lipinski definition) is 5. The molecule has 1 atom stereocenters. The Kier molecular flexibility index (Phi) is 3.54. The van der Waals surface area contributed by atoms with E-state index in [0.717, 1.165) is 41.3 Å². The molecule has 1 amide bonds. The van der Waals surface area contributed by atoms with Crippen LogP contribution in [0.25, 0.3) is 16.6 Å². The van der Waals surface area contributed by atoms with Crippen LogP contribution in [0.5, 0.6) is 0 Å². The Morgan fingerprint density at radius 3 is 2.87 bits per heavy atom. The molecule has 0 bridgehead atoms. The first-order chi connectivity index (χ1) is 14.4. The molecule has 3 aliphatic heterocycles. The van der Waals surface area contributed by atoms with Crippen molar-refractivity contribution < 1.29 is 23.8 Å². The number of pyridine rings is 1. The van der Waals surface area contributed by atoms with E-state index in [2.05, 4.69) is 0 Å². The molecule has 30 heavy (non-hydrogen) atoms. The third-order valence-electron chi connectivity index (χ3n) is 6.79. The van der Waals surface area contributed by atoms with Gasteiger partial charge < -0.3 is 14.7 Å². The molecule has 0 saturated heterocycles. The van der Waals surface area contributed by atoms with E-state index in [1.807, 2.05) is 6.92 Å². The molecule has 1 N–H and O–H groups in total. The van der Waals surface area contributed by atoms with Gasteiger partial charge in [0.1, 0.15) is 12.4 Å². The average Bonchev–Trinajstić information content (AvgIpc) is 3.03. The molecule has 1 aromatic carbocycles. The number of hydrogen-bond donors (Lipinski definition) is 1. The number of esters is 1. The second kappa shape index (κ2) is 5.98. The molecule has 4 heterocycles. The third kappa shape index (κ3) is 2.24. The van der Waals surface area contributed by atoms with Gasteiger partial charge in [-0.25, -0.2) is 14.2 Å². The highest BCUT2D eigenvalue weighted by Gasteiger charge is 2.39. The van der Waals surface area contributed by atoms with Gasteiger partial charge in [-0.1, -0.05) is 0 Å². The number of fused-ring (bicyclic) bond motifs is 4. The number of aliphatic hydroxyl groups is 1. The van der Waals surface area contributed by atoms with Gasteiger partial charge in [0.05, 0.1) is 29.9 Å². The normalized spacial score (nSPS) is 22.4. The molecule has 4 aliphatic rings. The van der Waals surface area contributed by atoms with Crippen molar-refractivity contribution >= 4 is 28.5 Å². The molecular formula is C23H19FN2O4. The lowest BCUT2D eigenvalue weighted by Gasteiger charge is -2.22. The minimum atomic E-state index is -1.41. The lowest BCUT2D eigenvalue weighted by molar-refractivity contribution is -0.152. The van der Waals surface area contributed by atoms with E-state index in [0.29, 0.717) is 40.2 Å². The molecule has 0 saturated carbocycles. The van der Waals surface area contributed by atoms with Crippen LogP contribution in [0, 0.1) is 12.7 Å². The first-order valence-corrected chi connectivity index (χ1v) is 10.2. The molecule has 1 aromatic heterocycles. The average molecular weight is 406 g/mol. The molecule has 0 spiro atoms. The second-order valence-corrected chi connectivity index (χ2v) is 8.38. The number of carbonyl (C=O) groups excluding carboxylic acids is 2. The van der Waals surface area contributed by atoms with Gasteiger partial charge in [0.2, 0.25) is 5.91 Å². The number of carbonyl (C=O) groups is 2. The SMILES string of the molecule is Cc1c(F)cc2nc3c(c4c2c1CCC4)CN1C(=O)CC2=C(C=C31)C(O)C(=O)OC2. The lowest BCUT2D eigenvalue weighted by Crippen LogP contribution is -2.32. The first kappa shape index (κ1) is 17.8. The van der Waals surface area contributed by atoms with E-state index in [1.54, 1.807) is 11.0 Å². The van der Waals surface area contributed by atoms with E-state index >= 15 is 0 Å². The second-order valence-electron chi connectivity index (χ2n) is 8.38. The van der Waals surface area contributed by atoms with Gasteiger partial charge in [-0.15, -0.1) is 0 Å². The van der Waals surface area contributed by atoms with Crippen LogP contribution in [-0.2, 0) is 33.7 Å². The fourth-order valence-corrected chi connectivity index (χ4v) is 5.25. The minimum absolute atomic E-state index is 0.00565. The molecule has 2 aromatic rings. The Bertz CT molecular complexity index is 1260. The third-order valence-corrected chi connectivity index (χ3v) is 6.79. The van der Waals surface area contributed by atoms with Crippen LogP contribution in [0.3, 0.4) is 0 Å². The zero-order chi connectivity index (χ0) is 20.7. The molecule has 1 aliphatic carbocycles. The number of amides is 1. The molecule has 0 radical (unpaired) electrons. The predicted octanol–water partition coefficient (Wildman–Crippen LogP) is 2.47. The van der Waals surface area contributed by atoms with E-state index < -0.39 is 12.1 Å². The largest absolute Gasteiger partial charge is 0.459 e. The van der Waals surface area contributed by atoms with Crippen molar-refractivity contribution in [2.24, 2.45) is 0 Å². The van der Waals surface area contributed by atoms with Gasteiger partial charge in [-0.05, 0) is 60.1 Å². The maximum atomic E-state index is 14.6. The molecular weight excluding hydrogens is 387 g/mol. The van der Waals surface area contributed by atoms with Crippen LogP contribution >= 0.6 is 0 Å². The number of cyclic esters (lactones) is 1. The summed E-state index contributed by atoms with van der Waals surface area (Å²) in [5.41, 5.74) is 6.65. The molecule has 6 nitrogen and oxygen atoms in total. The first-order valence-electron chi connectivity index (χ1n) is 10.2. The maximum Gasteiger partial charge on any atom is 0.339 e. The van der Waals surface area contributed by atoms with E-state index in [4.69, 9.17) is 9.72 Å². The smallest absolute Gasteiger partial charge is 0.339 e. The van der Waals surface area contributed by atoms with Crippen LogP contribution < -0.4 is 0 Å². The lowest BCUT2D eigenvalue weighted by atomic mass is 9.85. The quantitative estimate of drug-likeness (QED) is 0.680. The molecule has 152 valence electrons. The van der Waals surface area contributed by atoms with Crippen molar-refractivity contribution in [3.63, 3.8) is 0 Å². The van der Waals surface area contributed by atoms with Crippen LogP contribution in [0.4, 0.5) is 4.39 Å². The number of ether oxygens (including phenoxy) is 1. The maximum absolute atomic E-state index is 14.6. The zero-order valence-electron chi connectivity index (χ0n) is 16.4. The standard InChI is InChI=1S/C23H19FN2O4/c1-10-12-3-2-4-13-15-8-26-18(21(15)25-17(20(12)13)7-16(10)24)6-14-11(5-19(26)27)9-30-23(29)22(14)28/h6-7,22,28H,2-5,8-9H2,1H3. The van der Waals surface area contributed by atoms with Gasteiger partial charge in [-0.3, -0.25) is 4.79 Å². The summed E-state index contributed by atoms with van der Waals surface area (Å²) < 4.78 is 19.6. The Morgan fingerprint density at radius 2 is 2.03 bits per heavy atom. The molecule has 7 heteroatoms. The molecule has 1 unspecified atom stereocenters. The van der Waals surface area contributed by atoms with Crippen molar-refractivity contribution in [3.8, 4) is 0 Å². The highest BCUT2D eigenvalue weighted by atomic mass is 19.1. The van der Waals surface area contributed by atoms with E-state index in [-0.39, 0.29) is 24.8 Å². The number of rotatable bonds is 0. The Hall–Kier alpha value is -3.06. The summed E-state index contributed by atoms with van der Waals surface area (Å²) in [5, 5.41) is 11.4. The van der Waals surface area contributed by atoms with Gasteiger partial charge in [-0.2, -0.15) is 0 Å². The van der Waals surface area contributed by atoms with Crippen molar-refractivity contribution in [3.05, 3.63) is 57.1 Å². The van der Waals surface area contributed by atoms with Crippen LogP contribution in [0.15, 0.2) is 23.3 Å². The van der Waals surface area contributed by atoms with Crippen molar-refractivity contribution in [2.75, 3.05) is 6.61 Å². The van der Waals surface area contributed by atoms with E-state index in [1.165, 1.54) is 6.07 Å². The summed E-state index contributed by atoms with van der Waals surface area (Å²) in [4.78, 5) is 31.4. The van der Waals surface area contributed by atoms with E-state index in [9.17, 15) is 19.1 Å². The van der Waals surface area contributed by atoms with Gasteiger partial charge in [0.15, 0.2) is 6.10 Å². The van der Waals surface area contributed by atoms with Crippen molar-refractivity contribution in [1.29, 1.82) is 0 Å². The molecule has 6 rings (SSSR count). The Balaban J connectivity index is 1.63. The van der Waals surface area contributed by atoms with Crippen molar-refractivity contribution in [1.82, 2.24) is 9.88 Å². The highest BCUT2D eigenvalue weighted by Crippen LogP contribution is 2.44. The number of nitrogens with zero attached hydrogens (tertiary/aromatic N) is 2. The number of halogens is 1. The highest BCUT2D eigenvalue weighted by molar-refractivity contribution is 5.98. The summed E-state index contributed by atoms with van der Waals surface area (Å²) in [5.74, 6) is -1.11. The van der Waals surface area contributed by atoms with Crippen LogP contribution in [0.1, 0.15) is 40.8 Å². The number of benzene rings is 1. The van der Waals surface area contributed by atoms with Gasteiger partial charge >= 0.3 is 5.97 Å².